The summed E-state index contributed by atoms with van der Waals surface area (Å²) in [5.74, 6) is -2.85. The van der Waals surface area contributed by atoms with E-state index in [1.54, 1.807) is 0 Å². The molecule has 0 aromatic heterocycles. The molecule has 10 saturated heterocycles. The van der Waals surface area contributed by atoms with Crippen molar-refractivity contribution in [1.82, 2.24) is 16.0 Å². The second-order valence-corrected chi connectivity index (χ2v) is 30.2. The zero-order valence-electron chi connectivity index (χ0n) is 63.3. The van der Waals surface area contributed by atoms with E-state index in [2.05, 4.69) is 16.0 Å². The molecule has 0 bridgehead atoms. The van der Waals surface area contributed by atoms with Crippen LogP contribution in [-0.4, -0.2) is 492 Å². The third-order valence-corrected chi connectivity index (χ3v) is 21.9. The molecule has 1 unspecified atom stereocenters. The van der Waals surface area contributed by atoms with Gasteiger partial charge in [-0.15, -0.1) is 0 Å². The molecule has 0 aromatic rings. The quantitative estimate of drug-likeness (QED) is 0.0363. The van der Waals surface area contributed by atoms with Crippen LogP contribution in [0.5, 0.6) is 0 Å². The molecule has 50 heteroatoms. The van der Waals surface area contributed by atoms with E-state index in [0.717, 1.165) is 20.8 Å². The maximum Gasteiger partial charge on any atom is 0.217 e. The van der Waals surface area contributed by atoms with Crippen LogP contribution in [0.3, 0.4) is 0 Å². The molecular weight excluding hydrogens is 1590 g/mol. The molecule has 10 heterocycles. The monoisotopic (exact) mass is 1700 g/mol. The van der Waals surface area contributed by atoms with Crippen molar-refractivity contribution >= 4 is 17.7 Å². The van der Waals surface area contributed by atoms with Gasteiger partial charge < -0.3 is 234 Å². The topological polar surface area (TPSA) is 768 Å². The van der Waals surface area contributed by atoms with Crippen molar-refractivity contribution in [3.8, 4) is 0 Å². The number of aliphatic hydroxyl groups excluding tert-OH is 25. The molecule has 116 heavy (non-hydrogen) atoms. The minimum atomic E-state index is -2.46. The predicted molar refractivity (Wildman–Crippen MR) is 359 cm³/mol. The first-order chi connectivity index (χ1) is 54.7. The van der Waals surface area contributed by atoms with Crippen LogP contribution < -0.4 is 16.0 Å². The molecule has 10 fully saturated rings. The highest BCUT2D eigenvalue weighted by molar-refractivity contribution is 5.74. The van der Waals surface area contributed by atoms with Crippen LogP contribution in [0.15, 0.2) is 0 Å². The van der Waals surface area contributed by atoms with Crippen LogP contribution in [0.25, 0.3) is 0 Å². The third kappa shape index (κ3) is 20.4. The van der Waals surface area contributed by atoms with Crippen LogP contribution >= 0.6 is 0 Å². The van der Waals surface area contributed by atoms with E-state index in [0.29, 0.717) is 0 Å². The molecule has 0 saturated carbocycles. The largest absolute Gasteiger partial charge is 0.394 e. The van der Waals surface area contributed by atoms with Gasteiger partial charge in [0.25, 0.3) is 0 Å². The summed E-state index contributed by atoms with van der Waals surface area (Å²) in [4.78, 5) is 39.8. The van der Waals surface area contributed by atoms with Crippen molar-refractivity contribution in [3.63, 3.8) is 0 Å². The summed E-state index contributed by atoms with van der Waals surface area (Å²) < 4.78 is 116. The van der Waals surface area contributed by atoms with Gasteiger partial charge in [0.1, 0.15) is 220 Å². The zero-order chi connectivity index (χ0) is 85.4. The van der Waals surface area contributed by atoms with E-state index in [1.807, 2.05) is 0 Å². The molecule has 50 nitrogen and oxygen atoms in total. The third-order valence-electron chi connectivity index (χ3n) is 21.9. The summed E-state index contributed by atoms with van der Waals surface area (Å²) >= 11 is 0. The maximum atomic E-state index is 13.7. The van der Waals surface area contributed by atoms with Crippen LogP contribution in [0.4, 0.5) is 0 Å². The maximum absolute atomic E-state index is 13.7. The summed E-state index contributed by atoms with van der Waals surface area (Å²) in [7, 11) is 0. The van der Waals surface area contributed by atoms with Gasteiger partial charge in [-0.2, -0.15) is 0 Å². The highest BCUT2D eigenvalue weighted by Gasteiger charge is 2.62. The Labute approximate surface area is 659 Å². The number of aliphatic hydroxyl groups is 25. The molecule has 0 aromatic carbocycles. The SMILES string of the molecule is CC(=O)N[C@H]1[C@@H](O[C@H]2[C@@H](O)[C@@H](CO)O[C@@H](O[C@H]3[C@H](O[C@@H]4O[C@@H](C)[C@@H](O)[C@@H](O)[C@@H]4O)[C@@H](NC(C)=O)[C@H](OC[C@H]4OC(O)[C@H](O)[C@@H](O[C@@H]5O[C@H](CO)[C@@H](O[C@@H]6O[C@@H](C)[C@@H](O)[C@@H](O)[C@@H]6O)[C@H](O[C@@H]6O[C@H](CO)[C@H](O)[C@H](O)[C@H]6O[C@@H]6O[C@@H](C)[C@@H](O)[C@@H](O)[C@@H]6O)[C@H]5NC(C)=O)[C@H]4O)O[C@@H]3CO)[C@@H]2O[C@@H]2O[C@@H](C)[C@@H](O)[C@@H](O)[C@@H]2O)O[C@H](CO)[C@H](O)[C@@H]1O. The van der Waals surface area contributed by atoms with Gasteiger partial charge in [-0.25, -0.2) is 0 Å². The van der Waals surface area contributed by atoms with Gasteiger partial charge in [-0.1, -0.05) is 0 Å². The van der Waals surface area contributed by atoms with Crippen LogP contribution in [0.2, 0.25) is 0 Å². The second-order valence-electron chi connectivity index (χ2n) is 30.2. The number of rotatable bonds is 27. The Bertz CT molecular complexity index is 3100. The smallest absolute Gasteiger partial charge is 0.217 e. The van der Waals surface area contributed by atoms with Crippen LogP contribution in [-0.2, 0) is 104 Å². The molecule has 50 atom stereocenters. The molecule has 10 rings (SSSR count). The van der Waals surface area contributed by atoms with Crippen LogP contribution in [0, 0.1) is 0 Å². The number of nitrogens with one attached hydrogen (secondary N) is 3. The Hall–Kier alpha value is -3.35. The van der Waals surface area contributed by atoms with Crippen molar-refractivity contribution < 1.29 is 232 Å². The average Bonchev–Trinajstić information content (AvgIpc) is 0.758. The van der Waals surface area contributed by atoms with Crippen LogP contribution in [0.1, 0.15) is 48.5 Å². The normalized spacial score (nSPS) is 51.7. The molecule has 10 aliphatic rings. The second kappa shape index (κ2) is 40.5. The Morgan fingerprint density at radius 2 is 0.534 bits per heavy atom. The van der Waals surface area contributed by atoms with Gasteiger partial charge in [0.05, 0.1) is 64.1 Å². The minimum Gasteiger partial charge on any atom is -0.394 e. The lowest BCUT2D eigenvalue weighted by Gasteiger charge is -2.52. The Kier molecular flexibility index (Phi) is 33.2. The molecule has 672 valence electrons. The van der Waals surface area contributed by atoms with Gasteiger partial charge in [0.15, 0.2) is 62.9 Å². The highest BCUT2D eigenvalue weighted by Crippen LogP contribution is 2.42. The number of carbonyl (C=O) groups excluding carboxylic acids is 3. The number of carbonyl (C=O) groups is 3. The fourth-order valence-electron chi connectivity index (χ4n) is 15.3. The lowest BCUT2D eigenvalue weighted by molar-refractivity contribution is -0.405. The van der Waals surface area contributed by atoms with E-state index in [-0.39, 0.29) is 0 Å². The van der Waals surface area contributed by atoms with E-state index in [4.69, 9.17) is 90.0 Å². The van der Waals surface area contributed by atoms with Crippen molar-refractivity contribution in [1.29, 1.82) is 0 Å². The predicted octanol–water partition coefficient (Wildman–Crippen LogP) is -18.3. The molecule has 0 spiro atoms. The molecule has 0 radical (unpaired) electrons. The summed E-state index contributed by atoms with van der Waals surface area (Å²) in [6.07, 6.45) is -94.6. The number of hydrogen-bond acceptors (Lipinski definition) is 47. The van der Waals surface area contributed by atoms with E-state index < -0.39 is 364 Å². The van der Waals surface area contributed by atoms with Crippen molar-refractivity contribution in [2.45, 2.75) is 355 Å². The van der Waals surface area contributed by atoms with E-state index in [9.17, 15) is 142 Å². The number of amides is 3. The first-order valence-electron chi connectivity index (χ1n) is 37.6. The van der Waals surface area contributed by atoms with Gasteiger partial charge in [0.2, 0.25) is 17.7 Å². The molecular formula is C66H111N3O47. The summed E-state index contributed by atoms with van der Waals surface area (Å²) in [6.45, 7) is 1.04. The van der Waals surface area contributed by atoms with Gasteiger partial charge >= 0.3 is 0 Å². The molecule has 0 aliphatic carbocycles. The molecule has 10 aliphatic heterocycles. The van der Waals surface area contributed by atoms with E-state index in [1.165, 1.54) is 27.7 Å². The molecule has 3 amide bonds. The number of ether oxygens (including phenoxy) is 19. The zero-order valence-corrected chi connectivity index (χ0v) is 63.3. The van der Waals surface area contributed by atoms with Crippen molar-refractivity contribution in [3.05, 3.63) is 0 Å². The molecule has 28 N–H and O–H groups in total. The standard InChI is InChI=1S/C66H111N3O47/c1-14-30(78)39(87)44(92)61(99-14)109-49-25(12-74)108-60(29(69-20(7)77)52(49)112-65-55(43(91)35(83)22(9-71)105-65)115-63-46(94)41(89)32(80)16(3)101-63)113-53-37(85)26(103-57(97)48(53)96)13-98-58-28(68-19(6)76)51(111-62-45(93)40(88)31(79)15(2)100-62)50(24(11-73)107-58)110-66-56(116-64-47(95)42(90)33(81)17(4)102-64)54(36(84)23(10-72)106-66)114-59-27(67-18(5)75)38(86)34(82)21(8-70)104-59/h14-17,21-66,70-74,78-97H,8-13H2,1-7H3,(H,67,75)(H,68,76)(H,69,77)/t14-,15-,16-,17-,21+,22+,23+,24+,25+,26+,27+,28+,29+,30+,31+,32+,33+,34-,35-,36-,37-,38+,39+,40+,41+,42+,43-,44-,45-,46-,47-,48+,49+,50+,51+,52+,53-,54-,55+,56+,57?,58+,59+,60-,61-,62-,63-,64-,65-,66-/m0/s1. The summed E-state index contributed by atoms with van der Waals surface area (Å²) in [6, 6.07) is -5.81. The van der Waals surface area contributed by atoms with Gasteiger partial charge in [-0.05, 0) is 27.7 Å². The van der Waals surface area contributed by atoms with Crippen molar-refractivity contribution in [2.24, 2.45) is 0 Å². The van der Waals surface area contributed by atoms with E-state index >= 15 is 0 Å². The van der Waals surface area contributed by atoms with Gasteiger partial charge in [-0.3, -0.25) is 14.4 Å². The van der Waals surface area contributed by atoms with Crippen molar-refractivity contribution in [2.75, 3.05) is 39.6 Å². The summed E-state index contributed by atoms with van der Waals surface area (Å²) in [5.41, 5.74) is 0. The first kappa shape index (κ1) is 94.9. The first-order valence-corrected chi connectivity index (χ1v) is 37.6. The Morgan fingerprint density at radius 3 is 0.957 bits per heavy atom. The Morgan fingerprint density at radius 1 is 0.241 bits per heavy atom. The highest BCUT2D eigenvalue weighted by atomic mass is 16.8. The number of hydrogen-bond donors (Lipinski definition) is 28. The average molecular weight is 1700 g/mol. The Balaban J connectivity index is 0.987. The fourth-order valence-corrected chi connectivity index (χ4v) is 15.3. The lowest BCUT2D eigenvalue weighted by atomic mass is 9.93. The van der Waals surface area contributed by atoms with Gasteiger partial charge in [0, 0.05) is 20.8 Å². The summed E-state index contributed by atoms with van der Waals surface area (Å²) in [5, 5.41) is 286. The fraction of sp³-hybridized carbons (Fsp3) is 0.955. The lowest BCUT2D eigenvalue weighted by Crippen LogP contribution is -2.71. The minimum absolute atomic E-state index is 0.858.